The highest BCUT2D eigenvalue weighted by Gasteiger charge is 2.30. The third-order valence-electron chi connectivity index (χ3n) is 4.72. The van der Waals surface area contributed by atoms with Crippen molar-refractivity contribution in [1.82, 2.24) is 4.31 Å². The molecule has 1 heterocycles. The molecular weight excluding hydrogens is 408 g/mol. The van der Waals surface area contributed by atoms with Crippen LogP contribution >= 0.6 is 0 Å². The first-order valence-electron chi connectivity index (χ1n) is 9.56. The third kappa shape index (κ3) is 6.30. The molecule has 1 N–H and O–H groups in total. The number of piperidine rings is 1. The average molecular weight is 432 g/mol. The summed E-state index contributed by atoms with van der Waals surface area (Å²) in [5.41, 5.74) is 0.554. The van der Waals surface area contributed by atoms with E-state index in [9.17, 15) is 18.0 Å². The normalized spacial score (nSPS) is 15.4. The second-order valence-corrected chi connectivity index (χ2v) is 9.01. The number of carbonyl (C=O) groups is 2. The Morgan fingerprint density at radius 1 is 1.00 bits per heavy atom. The number of nitrogens with zero attached hydrogens (tertiary/aromatic N) is 1. The van der Waals surface area contributed by atoms with Crippen LogP contribution in [0.15, 0.2) is 54.6 Å². The molecule has 1 amide bonds. The van der Waals surface area contributed by atoms with E-state index < -0.39 is 34.4 Å². The van der Waals surface area contributed by atoms with Crippen molar-refractivity contribution in [3.63, 3.8) is 0 Å². The van der Waals surface area contributed by atoms with Crippen LogP contribution < -0.4 is 10.1 Å². The van der Waals surface area contributed by atoms with E-state index in [1.807, 2.05) is 30.3 Å². The van der Waals surface area contributed by atoms with Crippen molar-refractivity contribution in [2.24, 2.45) is 5.92 Å². The number of sulfonamides is 1. The van der Waals surface area contributed by atoms with Crippen LogP contribution in [-0.2, 0) is 24.3 Å². The van der Waals surface area contributed by atoms with Crippen LogP contribution in [0.2, 0.25) is 0 Å². The van der Waals surface area contributed by atoms with E-state index in [1.165, 1.54) is 4.31 Å². The Hall–Kier alpha value is -2.91. The number of hydrogen-bond donors (Lipinski definition) is 1. The van der Waals surface area contributed by atoms with Gasteiger partial charge in [-0.2, -0.15) is 0 Å². The number of amides is 1. The van der Waals surface area contributed by atoms with Gasteiger partial charge in [0.05, 0.1) is 12.2 Å². The van der Waals surface area contributed by atoms with Gasteiger partial charge < -0.3 is 14.8 Å². The van der Waals surface area contributed by atoms with Crippen LogP contribution in [0.3, 0.4) is 0 Å². The van der Waals surface area contributed by atoms with Crippen molar-refractivity contribution in [2.75, 3.05) is 31.3 Å². The van der Waals surface area contributed by atoms with Gasteiger partial charge in [0.1, 0.15) is 11.5 Å². The van der Waals surface area contributed by atoms with Crippen molar-refractivity contribution in [2.45, 2.75) is 12.8 Å². The summed E-state index contributed by atoms with van der Waals surface area (Å²) in [7, 11) is -3.25. The minimum Gasteiger partial charge on any atom is -0.457 e. The van der Waals surface area contributed by atoms with E-state index >= 15 is 0 Å². The first-order valence-corrected chi connectivity index (χ1v) is 11.4. The fourth-order valence-electron chi connectivity index (χ4n) is 3.11. The Morgan fingerprint density at radius 3 is 2.20 bits per heavy atom. The molecule has 0 saturated carbocycles. The molecule has 0 atom stereocenters. The molecule has 0 bridgehead atoms. The zero-order valence-corrected chi connectivity index (χ0v) is 17.4. The van der Waals surface area contributed by atoms with Crippen LogP contribution in [0, 0.1) is 5.92 Å². The van der Waals surface area contributed by atoms with Crippen LogP contribution in [-0.4, -0.2) is 50.6 Å². The highest BCUT2D eigenvalue weighted by Crippen LogP contribution is 2.23. The molecule has 0 spiro atoms. The molecule has 0 radical (unpaired) electrons. The lowest BCUT2D eigenvalue weighted by Crippen LogP contribution is -2.40. The number of anilines is 1. The van der Waals surface area contributed by atoms with Crippen LogP contribution in [0.25, 0.3) is 0 Å². The van der Waals surface area contributed by atoms with Gasteiger partial charge in [0.2, 0.25) is 10.0 Å². The number of benzene rings is 2. The number of esters is 1. The van der Waals surface area contributed by atoms with Gasteiger partial charge in [-0.15, -0.1) is 0 Å². The van der Waals surface area contributed by atoms with E-state index in [1.54, 1.807) is 24.3 Å². The van der Waals surface area contributed by atoms with Crippen molar-refractivity contribution < 1.29 is 27.5 Å². The Bertz CT molecular complexity index is 968. The maximum Gasteiger partial charge on any atom is 0.309 e. The summed E-state index contributed by atoms with van der Waals surface area (Å²) in [5.74, 6) is 0.0124. The highest BCUT2D eigenvalue weighted by molar-refractivity contribution is 7.88. The monoisotopic (exact) mass is 432 g/mol. The minimum absolute atomic E-state index is 0.280. The standard InChI is InChI=1S/C21H24N2O6S/c1-30(26,27)23-13-11-16(12-14-23)21(25)28-15-20(24)22-17-7-9-19(10-8-17)29-18-5-3-2-4-6-18/h2-10,16H,11-15H2,1H3,(H,22,24). The predicted octanol–water partition coefficient (Wildman–Crippen LogP) is 2.63. The molecule has 160 valence electrons. The van der Waals surface area contributed by atoms with E-state index in [0.29, 0.717) is 30.0 Å². The summed E-state index contributed by atoms with van der Waals surface area (Å²) >= 11 is 0. The van der Waals surface area contributed by atoms with Gasteiger partial charge in [0.15, 0.2) is 6.61 Å². The van der Waals surface area contributed by atoms with Gasteiger partial charge in [-0.3, -0.25) is 9.59 Å². The number of rotatable bonds is 7. The Balaban J connectivity index is 1.42. The SMILES string of the molecule is CS(=O)(=O)N1CCC(C(=O)OCC(=O)Nc2ccc(Oc3ccccc3)cc2)CC1. The maximum absolute atomic E-state index is 12.1. The topological polar surface area (TPSA) is 102 Å². The number of nitrogens with one attached hydrogen (secondary N) is 1. The Labute approximate surface area is 175 Å². The highest BCUT2D eigenvalue weighted by atomic mass is 32.2. The third-order valence-corrected chi connectivity index (χ3v) is 6.02. The molecule has 2 aromatic carbocycles. The molecule has 30 heavy (non-hydrogen) atoms. The number of para-hydroxylation sites is 1. The van der Waals surface area contributed by atoms with Gasteiger partial charge >= 0.3 is 5.97 Å². The van der Waals surface area contributed by atoms with Crippen LogP contribution in [0.5, 0.6) is 11.5 Å². The van der Waals surface area contributed by atoms with Crippen molar-refractivity contribution in [1.29, 1.82) is 0 Å². The molecule has 0 aromatic heterocycles. The molecule has 0 aliphatic carbocycles. The fraction of sp³-hybridized carbons (Fsp3) is 0.333. The second-order valence-electron chi connectivity index (χ2n) is 7.03. The lowest BCUT2D eigenvalue weighted by Gasteiger charge is -2.28. The second kappa shape index (κ2) is 9.73. The molecule has 1 aliphatic heterocycles. The predicted molar refractivity (Wildman–Crippen MR) is 112 cm³/mol. The molecule has 2 aromatic rings. The van der Waals surface area contributed by atoms with Gasteiger partial charge in [-0.05, 0) is 49.2 Å². The summed E-state index contributed by atoms with van der Waals surface area (Å²) in [6.45, 7) is 0.164. The number of ether oxygens (including phenoxy) is 2. The number of carbonyl (C=O) groups excluding carboxylic acids is 2. The zero-order valence-electron chi connectivity index (χ0n) is 16.6. The minimum atomic E-state index is -3.25. The summed E-state index contributed by atoms with van der Waals surface area (Å²) < 4.78 is 35.2. The van der Waals surface area contributed by atoms with E-state index in [0.717, 1.165) is 6.26 Å². The molecule has 1 fully saturated rings. The molecule has 0 unspecified atom stereocenters. The zero-order chi connectivity index (χ0) is 21.6. The average Bonchev–Trinajstić information content (AvgIpc) is 2.74. The summed E-state index contributed by atoms with van der Waals surface area (Å²) in [6, 6.07) is 16.2. The molecular formula is C21H24N2O6S. The first-order chi connectivity index (χ1) is 14.3. The van der Waals surface area contributed by atoms with Gasteiger partial charge in [-0.1, -0.05) is 18.2 Å². The smallest absolute Gasteiger partial charge is 0.309 e. The first kappa shape index (κ1) is 21.8. The lowest BCUT2D eigenvalue weighted by molar-refractivity contribution is -0.152. The molecule has 8 nitrogen and oxygen atoms in total. The van der Waals surface area contributed by atoms with E-state index in [2.05, 4.69) is 5.32 Å². The Morgan fingerprint density at radius 2 is 1.60 bits per heavy atom. The largest absolute Gasteiger partial charge is 0.457 e. The Kier molecular flexibility index (Phi) is 7.07. The summed E-state index contributed by atoms with van der Waals surface area (Å²) in [5, 5.41) is 2.66. The van der Waals surface area contributed by atoms with Gasteiger partial charge in [0.25, 0.3) is 5.91 Å². The molecule has 1 aliphatic rings. The van der Waals surface area contributed by atoms with Gasteiger partial charge in [-0.25, -0.2) is 12.7 Å². The number of hydrogen-bond acceptors (Lipinski definition) is 6. The lowest BCUT2D eigenvalue weighted by atomic mass is 9.98. The molecule has 3 rings (SSSR count). The van der Waals surface area contributed by atoms with Crippen molar-refractivity contribution in [3.8, 4) is 11.5 Å². The van der Waals surface area contributed by atoms with Crippen molar-refractivity contribution in [3.05, 3.63) is 54.6 Å². The van der Waals surface area contributed by atoms with Crippen LogP contribution in [0.4, 0.5) is 5.69 Å². The molecule has 9 heteroatoms. The van der Waals surface area contributed by atoms with Gasteiger partial charge in [0, 0.05) is 18.8 Å². The fourth-order valence-corrected chi connectivity index (χ4v) is 3.98. The van der Waals surface area contributed by atoms with Crippen LogP contribution in [0.1, 0.15) is 12.8 Å². The quantitative estimate of drug-likeness (QED) is 0.675. The van der Waals surface area contributed by atoms with Crippen molar-refractivity contribution >= 4 is 27.6 Å². The summed E-state index contributed by atoms with van der Waals surface area (Å²) in [6.07, 6.45) is 1.92. The maximum atomic E-state index is 12.1. The summed E-state index contributed by atoms with van der Waals surface area (Å²) in [4.78, 5) is 24.2. The van der Waals surface area contributed by atoms with E-state index in [-0.39, 0.29) is 13.1 Å². The molecule has 1 saturated heterocycles. The van der Waals surface area contributed by atoms with E-state index in [4.69, 9.17) is 9.47 Å².